The van der Waals surface area contributed by atoms with E-state index in [-0.39, 0.29) is 24.3 Å². The number of H-pyrrole nitrogens is 1. The minimum Gasteiger partial charge on any atom is -0.361 e. The Labute approximate surface area is 172 Å². The molecule has 2 aromatic carbocycles. The van der Waals surface area contributed by atoms with Crippen LogP contribution >= 0.6 is 0 Å². The number of hydrogen-bond acceptors (Lipinski definition) is 3. The van der Waals surface area contributed by atoms with Crippen LogP contribution in [0.4, 0.5) is 25.0 Å². The summed E-state index contributed by atoms with van der Waals surface area (Å²) in [5, 5.41) is 13.0. The molecule has 1 aromatic heterocycles. The van der Waals surface area contributed by atoms with Crippen molar-refractivity contribution in [3.8, 4) is 0 Å². The van der Waals surface area contributed by atoms with Crippen molar-refractivity contribution in [2.45, 2.75) is 50.7 Å². The molecule has 2 saturated heterocycles. The van der Waals surface area contributed by atoms with Crippen LogP contribution in [-0.4, -0.2) is 28.3 Å². The first kappa shape index (κ1) is 18.8. The Morgan fingerprint density at radius 2 is 1.87 bits per heavy atom. The number of rotatable bonds is 4. The summed E-state index contributed by atoms with van der Waals surface area (Å²) >= 11 is 0. The Morgan fingerprint density at radius 3 is 2.60 bits per heavy atom. The number of piperidine rings is 1. The Bertz CT molecular complexity index is 1060. The zero-order valence-electron chi connectivity index (χ0n) is 16.4. The van der Waals surface area contributed by atoms with Crippen molar-refractivity contribution in [1.82, 2.24) is 15.5 Å². The Hall–Kier alpha value is -3.16. The summed E-state index contributed by atoms with van der Waals surface area (Å²) in [6.07, 6.45) is 6.72. The van der Waals surface area contributed by atoms with Crippen LogP contribution in [0.3, 0.4) is 0 Å². The zero-order valence-corrected chi connectivity index (χ0v) is 16.4. The lowest BCUT2D eigenvalue weighted by molar-refractivity contribution is 0.251. The summed E-state index contributed by atoms with van der Waals surface area (Å²) in [4.78, 5) is 14.2. The van der Waals surface area contributed by atoms with Crippen LogP contribution in [0.5, 0.6) is 0 Å². The number of aromatic amines is 1. The Balaban J connectivity index is 1.28. The maximum Gasteiger partial charge on any atom is 0.319 e. The first-order chi connectivity index (χ1) is 14.6. The molecule has 2 aliphatic heterocycles. The van der Waals surface area contributed by atoms with E-state index < -0.39 is 17.7 Å². The van der Waals surface area contributed by atoms with Gasteiger partial charge in [0.1, 0.15) is 17.3 Å². The molecule has 156 valence electrons. The van der Waals surface area contributed by atoms with Crippen molar-refractivity contribution < 1.29 is 13.6 Å². The van der Waals surface area contributed by atoms with Crippen LogP contribution < -0.4 is 15.5 Å². The van der Waals surface area contributed by atoms with Gasteiger partial charge in [0.05, 0.1) is 17.4 Å². The Morgan fingerprint density at radius 1 is 1.13 bits per heavy atom. The predicted octanol–water partition coefficient (Wildman–Crippen LogP) is 4.68. The van der Waals surface area contributed by atoms with Gasteiger partial charge in [0.15, 0.2) is 0 Å². The summed E-state index contributed by atoms with van der Waals surface area (Å²) in [5.41, 5.74) is 1.88. The highest BCUT2D eigenvalue weighted by Crippen LogP contribution is 2.41. The minimum absolute atomic E-state index is 0.0220. The van der Waals surface area contributed by atoms with E-state index in [0.717, 1.165) is 43.0 Å². The van der Waals surface area contributed by atoms with Gasteiger partial charge in [-0.3, -0.25) is 5.10 Å². The number of urea groups is 1. The van der Waals surface area contributed by atoms with Crippen LogP contribution in [0.25, 0.3) is 10.9 Å². The largest absolute Gasteiger partial charge is 0.361 e. The molecule has 0 radical (unpaired) electrons. The first-order valence-electron chi connectivity index (χ1n) is 10.3. The fourth-order valence-electron chi connectivity index (χ4n) is 4.87. The molecule has 0 saturated carbocycles. The third kappa shape index (κ3) is 3.36. The van der Waals surface area contributed by atoms with Gasteiger partial charge in [0.2, 0.25) is 0 Å². The van der Waals surface area contributed by atoms with Crippen molar-refractivity contribution in [3.05, 3.63) is 53.7 Å². The van der Waals surface area contributed by atoms with E-state index in [1.54, 1.807) is 18.3 Å². The third-order valence-electron chi connectivity index (χ3n) is 6.22. The number of amides is 2. The van der Waals surface area contributed by atoms with E-state index in [4.69, 9.17) is 0 Å². The average molecular weight is 411 g/mol. The molecule has 8 heteroatoms. The summed E-state index contributed by atoms with van der Waals surface area (Å²) in [6.45, 7) is 0.0220. The number of anilines is 2. The van der Waals surface area contributed by atoms with Gasteiger partial charge in [-0.25, -0.2) is 13.6 Å². The first-order valence-corrected chi connectivity index (χ1v) is 10.3. The molecule has 2 atom stereocenters. The number of carbonyl (C=O) groups excluding carboxylic acids is 1. The van der Waals surface area contributed by atoms with Crippen LogP contribution in [-0.2, 0) is 6.54 Å². The van der Waals surface area contributed by atoms with Gasteiger partial charge in [-0.1, -0.05) is 6.07 Å². The second kappa shape index (κ2) is 7.59. The highest BCUT2D eigenvalue weighted by Gasteiger charge is 2.39. The maximum absolute atomic E-state index is 14.9. The van der Waals surface area contributed by atoms with Gasteiger partial charge in [-0.2, -0.15) is 5.10 Å². The second-order valence-corrected chi connectivity index (χ2v) is 8.08. The predicted molar refractivity (Wildman–Crippen MR) is 111 cm³/mol. The second-order valence-electron chi connectivity index (χ2n) is 8.08. The molecule has 3 heterocycles. The number of halogens is 2. The van der Waals surface area contributed by atoms with Gasteiger partial charge < -0.3 is 15.5 Å². The molecule has 6 nitrogen and oxygen atoms in total. The number of fused-ring (bicyclic) bond motifs is 3. The number of hydrogen-bond donors (Lipinski definition) is 3. The number of benzene rings is 2. The van der Waals surface area contributed by atoms with Crippen molar-refractivity contribution >= 4 is 28.3 Å². The van der Waals surface area contributed by atoms with Crippen LogP contribution in [0.2, 0.25) is 0 Å². The van der Waals surface area contributed by atoms with Crippen LogP contribution in [0.1, 0.15) is 37.7 Å². The van der Waals surface area contributed by atoms with E-state index in [2.05, 4.69) is 20.8 Å². The summed E-state index contributed by atoms with van der Waals surface area (Å²) < 4.78 is 29.7. The third-order valence-corrected chi connectivity index (χ3v) is 6.22. The molecule has 30 heavy (non-hydrogen) atoms. The molecule has 2 bridgehead atoms. The average Bonchev–Trinajstić information content (AvgIpc) is 3.28. The van der Waals surface area contributed by atoms with Crippen molar-refractivity contribution in [1.29, 1.82) is 0 Å². The molecule has 2 unspecified atom stereocenters. The molecule has 0 spiro atoms. The normalized spacial score (nSPS) is 20.5. The van der Waals surface area contributed by atoms with E-state index >= 15 is 0 Å². The Kier molecular flexibility index (Phi) is 4.77. The summed E-state index contributed by atoms with van der Waals surface area (Å²) in [6, 6.07) is 8.07. The molecule has 5 rings (SSSR count). The lowest BCUT2D eigenvalue weighted by Gasteiger charge is -2.37. The number of nitrogens with zero attached hydrogens (tertiary/aromatic N) is 2. The molecular formula is C22H23F2N5O. The van der Waals surface area contributed by atoms with Crippen molar-refractivity contribution in [2.75, 3.05) is 10.2 Å². The van der Waals surface area contributed by atoms with E-state index in [1.165, 1.54) is 12.1 Å². The standard InChI is InChI=1S/C22H23F2N5O/c23-17-9-13(10-18(24)21(17)29-14-3-1-4-15(29)8-7-14)11-25-22(30)27-19-5-2-6-20-16(19)12-26-28-20/h2,5-6,9-10,12,14-15H,1,3-4,7-8,11H2,(H,26,28)(H2,25,27,30). The summed E-state index contributed by atoms with van der Waals surface area (Å²) in [7, 11) is 0. The van der Waals surface area contributed by atoms with Gasteiger partial charge >= 0.3 is 6.03 Å². The fraction of sp³-hybridized carbons (Fsp3) is 0.364. The highest BCUT2D eigenvalue weighted by atomic mass is 19.1. The highest BCUT2D eigenvalue weighted by molar-refractivity contribution is 6.00. The lowest BCUT2D eigenvalue weighted by Crippen LogP contribution is -2.40. The zero-order chi connectivity index (χ0) is 20.7. The quantitative estimate of drug-likeness (QED) is 0.583. The minimum atomic E-state index is -0.561. The van der Waals surface area contributed by atoms with Gasteiger partial charge in [-0.15, -0.1) is 0 Å². The van der Waals surface area contributed by atoms with Gasteiger partial charge in [0, 0.05) is 24.0 Å². The van der Waals surface area contributed by atoms with Crippen LogP contribution in [0.15, 0.2) is 36.5 Å². The van der Waals surface area contributed by atoms with E-state index in [0.29, 0.717) is 11.3 Å². The molecule has 0 aliphatic carbocycles. The molecule has 3 N–H and O–H groups in total. The molecular weight excluding hydrogens is 388 g/mol. The molecule has 2 aliphatic rings. The molecule has 2 amide bonds. The van der Waals surface area contributed by atoms with Crippen LogP contribution in [0, 0.1) is 11.6 Å². The number of carbonyl (C=O) groups is 1. The fourth-order valence-corrected chi connectivity index (χ4v) is 4.87. The smallest absolute Gasteiger partial charge is 0.319 e. The number of nitrogens with one attached hydrogen (secondary N) is 3. The van der Waals surface area contributed by atoms with E-state index in [9.17, 15) is 13.6 Å². The molecule has 2 fully saturated rings. The van der Waals surface area contributed by atoms with Crippen molar-refractivity contribution in [2.24, 2.45) is 0 Å². The van der Waals surface area contributed by atoms with Gasteiger partial charge in [0.25, 0.3) is 0 Å². The topological polar surface area (TPSA) is 73.1 Å². The lowest BCUT2D eigenvalue weighted by atomic mass is 10.0. The summed E-state index contributed by atoms with van der Waals surface area (Å²) in [5.74, 6) is -1.12. The SMILES string of the molecule is O=C(NCc1cc(F)c(N2C3CCCC2CC3)c(F)c1)Nc1cccc2[nH]ncc12. The van der Waals surface area contributed by atoms with E-state index in [1.807, 2.05) is 11.0 Å². The number of aromatic nitrogens is 2. The monoisotopic (exact) mass is 411 g/mol. The maximum atomic E-state index is 14.9. The molecule has 3 aromatic rings. The van der Waals surface area contributed by atoms with Gasteiger partial charge in [-0.05, 0) is 61.9 Å². The van der Waals surface area contributed by atoms with Crippen molar-refractivity contribution in [3.63, 3.8) is 0 Å².